The highest BCUT2D eigenvalue weighted by atomic mass is 19.1. The van der Waals surface area contributed by atoms with Gasteiger partial charge < -0.3 is 10.1 Å². The van der Waals surface area contributed by atoms with E-state index in [2.05, 4.69) is 0 Å². The Morgan fingerprint density at radius 3 is 2.57 bits per heavy atom. The Morgan fingerprint density at radius 2 is 1.96 bits per heavy atom. The number of carbonyl (C=O) groups is 1. The van der Waals surface area contributed by atoms with E-state index in [9.17, 15) is 14.4 Å². The zero-order valence-corrected chi connectivity index (χ0v) is 13.5. The van der Waals surface area contributed by atoms with Crippen LogP contribution in [0.2, 0.25) is 0 Å². The number of hydrogen-bond donors (Lipinski definition) is 0. The highest BCUT2D eigenvalue weighted by Crippen LogP contribution is 2.38. The molecule has 2 heterocycles. The number of carbonyl (C=O) groups excluding carboxylic acids is 1. The fourth-order valence-electron chi connectivity index (χ4n) is 3.23. The lowest BCUT2D eigenvalue weighted by Crippen LogP contribution is -2.39. The van der Waals surface area contributed by atoms with Crippen molar-refractivity contribution in [3.8, 4) is 0 Å². The summed E-state index contributed by atoms with van der Waals surface area (Å²) in [6.07, 6.45) is 2.07. The fraction of sp³-hybridized carbons (Fsp3) is 0.333. The molecule has 120 valence electrons. The molecule has 23 heavy (non-hydrogen) atoms. The van der Waals surface area contributed by atoms with E-state index in [1.165, 1.54) is 19.1 Å². The van der Waals surface area contributed by atoms with E-state index >= 15 is 0 Å². The van der Waals surface area contributed by atoms with Gasteiger partial charge in [0, 0.05) is 25.5 Å². The van der Waals surface area contributed by atoms with E-state index in [0.29, 0.717) is 24.3 Å². The van der Waals surface area contributed by atoms with Crippen molar-refractivity contribution in [1.29, 1.82) is 0 Å². The summed E-state index contributed by atoms with van der Waals surface area (Å²) in [7, 11) is 0. The van der Waals surface area contributed by atoms with Gasteiger partial charge in [0.1, 0.15) is 11.5 Å². The van der Waals surface area contributed by atoms with Crippen LogP contribution in [0.15, 0.2) is 36.5 Å². The standard InChI is InChI=1S/C18H19FN2O2/c1-12(22)20-11-18(2,3)17-16(20)9-14(10-21(17)23)8-13-4-6-15(19)7-5-13/h4-7,9-10H,8,11H2,1-3H3. The monoisotopic (exact) mass is 314 g/mol. The summed E-state index contributed by atoms with van der Waals surface area (Å²) in [6, 6.07) is 8.09. The molecule has 0 unspecified atom stereocenters. The zero-order valence-electron chi connectivity index (χ0n) is 13.5. The minimum atomic E-state index is -0.378. The van der Waals surface area contributed by atoms with Gasteiger partial charge in [-0.05, 0) is 37.6 Å². The molecule has 2 aromatic rings. The molecule has 4 nitrogen and oxygen atoms in total. The van der Waals surface area contributed by atoms with Gasteiger partial charge in [0.25, 0.3) is 0 Å². The predicted molar refractivity (Wildman–Crippen MR) is 85.7 cm³/mol. The number of nitrogens with zero attached hydrogens (tertiary/aromatic N) is 2. The molecule has 0 bridgehead atoms. The number of hydrogen-bond acceptors (Lipinski definition) is 2. The van der Waals surface area contributed by atoms with Crippen LogP contribution in [0, 0.1) is 11.0 Å². The Kier molecular flexibility index (Phi) is 3.59. The molecule has 5 heteroatoms. The van der Waals surface area contributed by atoms with Crippen molar-refractivity contribution < 1.29 is 13.9 Å². The van der Waals surface area contributed by atoms with Crippen LogP contribution >= 0.6 is 0 Å². The predicted octanol–water partition coefficient (Wildman–Crippen LogP) is 2.69. The first kappa shape index (κ1) is 15.5. The van der Waals surface area contributed by atoms with E-state index in [1.54, 1.807) is 23.2 Å². The summed E-state index contributed by atoms with van der Waals surface area (Å²) in [4.78, 5) is 13.5. The minimum absolute atomic E-state index is 0.0734. The molecule has 1 aromatic carbocycles. The fourth-order valence-corrected chi connectivity index (χ4v) is 3.23. The SMILES string of the molecule is CC(=O)N1CC(C)(C)c2c1cc(Cc1ccc(F)cc1)c[n+]2[O-]. The molecule has 3 rings (SSSR count). The second kappa shape index (κ2) is 5.33. The highest BCUT2D eigenvalue weighted by molar-refractivity contribution is 5.94. The third-order valence-corrected chi connectivity index (χ3v) is 4.26. The molecule has 0 saturated carbocycles. The van der Waals surface area contributed by atoms with Gasteiger partial charge in [0.05, 0.1) is 5.41 Å². The molecule has 1 aliphatic heterocycles. The zero-order chi connectivity index (χ0) is 16.8. The quantitative estimate of drug-likeness (QED) is 0.632. The van der Waals surface area contributed by atoms with Crippen molar-refractivity contribution in [3.63, 3.8) is 0 Å². The number of pyridine rings is 1. The van der Waals surface area contributed by atoms with Crippen LogP contribution in [-0.2, 0) is 16.6 Å². The van der Waals surface area contributed by atoms with Crippen LogP contribution in [0.3, 0.4) is 0 Å². The Hall–Kier alpha value is -2.43. The Bertz CT molecular complexity index is 769. The van der Waals surface area contributed by atoms with Gasteiger partial charge in [-0.2, -0.15) is 4.73 Å². The van der Waals surface area contributed by atoms with Crippen LogP contribution in [0.25, 0.3) is 0 Å². The summed E-state index contributed by atoms with van der Waals surface area (Å²) in [5.41, 5.74) is 2.64. The topological polar surface area (TPSA) is 47.2 Å². The van der Waals surface area contributed by atoms with Crippen LogP contribution in [-0.4, -0.2) is 12.5 Å². The van der Waals surface area contributed by atoms with Gasteiger partial charge in [-0.1, -0.05) is 12.1 Å². The van der Waals surface area contributed by atoms with E-state index < -0.39 is 0 Å². The molecule has 0 N–H and O–H groups in total. The Labute approximate surface area is 134 Å². The van der Waals surface area contributed by atoms with Crippen LogP contribution in [0.1, 0.15) is 37.6 Å². The largest absolute Gasteiger partial charge is 0.618 e. The number of amides is 1. The van der Waals surface area contributed by atoms with Crippen LogP contribution < -0.4 is 9.63 Å². The first-order valence-electron chi connectivity index (χ1n) is 7.57. The minimum Gasteiger partial charge on any atom is -0.618 e. The lowest BCUT2D eigenvalue weighted by atomic mass is 9.91. The van der Waals surface area contributed by atoms with Gasteiger partial charge in [-0.15, -0.1) is 0 Å². The molecule has 1 amide bonds. The smallest absolute Gasteiger partial charge is 0.224 e. The molecule has 0 atom stereocenters. The van der Waals surface area contributed by atoms with Crippen molar-refractivity contribution in [2.75, 3.05) is 11.4 Å². The molecule has 0 radical (unpaired) electrons. The summed E-state index contributed by atoms with van der Waals surface area (Å²) >= 11 is 0. The third-order valence-electron chi connectivity index (χ3n) is 4.26. The molecule has 0 aliphatic carbocycles. The molecular formula is C18H19FN2O2. The Morgan fingerprint density at radius 1 is 1.30 bits per heavy atom. The van der Waals surface area contributed by atoms with E-state index in [0.717, 1.165) is 15.9 Å². The summed E-state index contributed by atoms with van der Waals surface area (Å²) < 4.78 is 13.9. The molecule has 1 aromatic heterocycles. The van der Waals surface area contributed by atoms with Gasteiger partial charge in [0.2, 0.25) is 11.6 Å². The third kappa shape index (κ3) is 2.79. The first-order valence-corrected chi connectivity index (χ1v) is 7.57. The molecule has 1 aliphatic rings. The summed E-state index contributed by atoms with van der Waals surface area (Å²) in [6.45, 7) is 5.93. The maximum absolute atomic E-state index is 13.0. The number of fused-ring (bicyclic) bond motifs is 1. The average molecular weight is 314 g/mol. The number of aromatic nitrogens is 1. The number of anilines is 1. The number of benzene rings is 1. The first-order chi connectivity index (χ1) is 10.8. The van der Waals surface area contributed by atoms with E-state index in [4.69, 9.17) is 0 Å². The van der Waals surface area contributed by atoms with Crippen molar-refractivity contribution >= 4 is 11.6 Å². The average Bonchev–Trinajstić information content (AvgIpc) is 2.73. The maximum Gasteiger partial charge on any atom is 0.224 e. The van der Waals surface area contributed by atoms with Crippen molar-refractivity contribution in [2.24, 2.45) is 0 Å². The number of halogens is 1. The van der Waals surface area contributed by atoms with Gasteiger partial charge >= 0.3 is 0 Å². The normalized spacial score (nSPS) is 15.6. The van der Waals surface area contributed by atoms with Crippen molar-refractivity contribution in [2.45, 2.75) is 32.6 Å². The van der Waals surface area contributed by atoms with Crippen LogP contribution in [0.4, 0.5) is 10.1 Å². The maximum atomic E-state index is 13.0. The van der Waals surface area contributed by atoms with E-state index in [1.807, 2.05) is 19.9 Å². The van der Waals surface area contributed by atoms with E-state index in [-0.39, 0.29) is 17.1 Å². The Balaban J connectivity index is 2.02. The van der Waals surface area contributed by atoms with Gasteiger partial charge in [0.15, 0.2) is 6.20 Å². The summed E-state index contributed by atoms with van der Waals surface area (Å²) in [5, 5.41) is 12.5. The molecule has 0 spiro atoms. The molecule has 0 fully saturated rings. The van der Waals surface area contributed by atoms with Crippen LogP contribution in [0.5, 0.6) is 0 Å². The lowest BCUT2D eigenvalue weighted by Gasteiger charge is -2.17. The highest BCUT2D eigenvalue weighted by Gasteiger charge is 2.44. The van der Waals surface area contributed by atoms with Crippen molar-refractivity contribution in [1.82, 2.24) is 0 Å². The second-order valence-corrected chi connectivity index (χ2v) is 6.70. The lowest BCUT2D eigenvalue weighted by molar-refractivity contribution is -0.616. The second-order valence-electron chi connectivity index (χ2n) is 6.70. The van der Waals surface area contributed by atoms with Crippen molar-refractivity contribution in [3.05, 3.63) is 64.4 Å². The molecule has 0 saturated heterocycles. The van der Waals surface area contributed by atoms with Gasteiger partial charge in [-0.25, -0.2) is 4.39 Å². The summed E-state index contributed by atoms with van der Waals surface area (Å²) in [5.74, 6) is -0.359. The molecular weight excluding hydrogens is 295 g/mol. The van der Waals surface area contributed by atoms with Gasteiger partial charge in [-0.3, -0.25) is 4.79 Å². The number of rotatable bonds is 2.